The Balaban J connectivity index is 1.40. The van der Waals surface area contributed by atoms with Gasteiger partial charge in [-0.15, -0.1) is 0 Å². The van der Waals surface area contributed by atoms with Gasteiger partial charge >= 0.3 is 0 Å². The number of likely N-dealkylation sites (N-methyl/N-ethyl adjacent to an activating group) is 1. The third-order valence-electron chi connectivity index (χ3n) is 9.00. The Morgan fingerprint density at radius 2 is 2.03 bits per heavy atom. The molecule has 0 radical (unpaired) electrons. The third-order valence-corrected chi connectivity index (χ3v) is 9.00. The first-order valence-electron chi connectivity index (χ1n) is 12.3. The zero-order valence-electron chi connectivity index (χ0n) is 19.9. The van der Waals surface area contributed by atoms with Crippen molar-refractivity contribution in [2.45, 2.75) is 62.5 Å². The van der Waals surface area contributed by atoms with Crippen LogP contribution in [0.15, 0.2) is 36.4 Å². The van der Waals surface area contributed by atoms with Crippen LogP contribution in [0, 0.1) is 5.92 Å². The number of carbonyl (C=O) groups is 1. The van der Waals surface area contributed by atoms with E-state index < -0.39 is 5.60 Å². The molecule has 2 aromatic rings. The highest BCUT2D eigenvalue weighted by Gasteiger charge is 2.71. The van der Waals surface area contributed by atoms with Gasteiger partial charge in [-0.1, -0.05) is 30.3 Å². The molecule has 0 N–H and O–H groups in total. The van der Waals surface area contributed by atoms with Crippen LogP contribution in [-0.2, 0) is 23.1 Å². The Labute approximate surface area is 196 Å². The number of likely N-dealkylation sites (tertiary alicyclic amines) is 1. The third kappa shape index (κ3) is 2.78. The van der Waals surface area contributed by atoms with Gasteiger partial charge in [0.15, 0.2) is 22.9 Å². The summed E-state index contributed by atoms with van der Waals surface area (Å²) in [5.74, 6) is 3.04. The molecule has 1 saturated heterocycles. The Kier molecular flexibility index (Phi) is 4.77. The van der Waals surface area contributed by atoms with Gasteiger partial charge in [-0.3, -0.25) is 4.79 Å². The van der Waals surface area contributed by atoms with E-state index in [2.05, 4.69) is 36.2 Å². The highest BCUT2D eigenvalue weighted by molar-refractivity contribution is 5.93. The molecule has 2 aliphatic heterocycles. The smallest absolute Gasteiger partial charge is 0.177 e. The van der Waals surface area contributed by atoms with Gasteiger partial charge in [-0.05, 0) is 64.1 Å². The molecule has 0 aromatic heterocycles. The van der Waals surface area contributed by atoms with Crippen LogP contribution in [0.3, 0.4) is 0 Å². The number of methoxy groups -OCH3 is 1. The molecule has 33 heavy (non-hydrogen) atoms. The molecule has 5 heteroatoms. The van der Waals surface area contributed by atoms with E-state index in [-0.39, 0.29) is 11.2 Å². The van der Waals surface area contributed by atoms with Gasteiger partial charge in [0.2, 0.25) is 0 Å². The lowest BCUT2D eigenvalue weighted by Crippen LogP contribution is -2.70. The zero-order chi connectivity index (χ0) is 22.8. The van der Waals surface area contributed by atoms with Crippen LogP contribution in [-0.4, -0.2) is 49.6 Å². The molecule has 6 rings (SSSR count). The van der Waals surface area contributed by atoms with Gasteiger partial charge in [0.1, 0.15) is 5.75 Å². The first kappa shape index (κ1) is 21.0. The number of ether oxygens (including phenoxy) is 3. The fourth-order valence-electron chi connectivity index (χ4n) is 7.37. The van der Waals surface area contributed by atoms with Crippen LogP contribution < -0.4 is 14.2 Å². The summed E-state index contributed by atoms with van der Waals surface area (Å²) in [4.78, 5) is 15.8. The lowest BCUT2D eigenvalue weighted by atomic mass is 9.47. The van der Waals surface area contributed by atoms with Gasteiger partial charge < -0.3 is 19.1 Å². The van der Waals surface area contributed by atoms with Crippen LogP contribution >= 0.6 is 0 Å². The van der Waals surface area contributed by atoms with E-state index >= 15 is 0 Å². The molecular weight excluding hydrogens is 414 g/mol. The van der Waals surface area contributed by atoms with E-state index in [1.54, 1.807) is 7.11 Å². The largest absolute Gasteiger partial charge is 0.493 e. The van der Waals surface area contributed by atoms with Crippen molar-refractivity contribution < 1.29 is 19.0 Å². The van der Waals surface area contributed by atoms with Crippen molar-refractivity contribution in [2.75, 3.05) is 27.3 Å². The minimum atomic E-state index is -0.813. The van der Waals surface area contributed by atoms with Gasteiger partial charge in [-0.25, -0.2) is 0 Å². The molecule has 2 heterocycles. The molecule has 5 nitrogen and oxygen atoms in total. The van der Waals surface area contributed by atoms with Gasteiger partial charge in [0.25, 0.3) is 0 Å². The monoisotopic (exact) mass is 447 g/mol. The normalized spacial score (nSPS) is 31.7. The number of aryl methyl sites for hydroxylation is 1. The Morgan fingerprint density at radius 3 is 2.82 bits per heavy atom. The van der Waals surface area contributed by atoms with Crippen molar-refractivity contribution in [3.8, 4) is 17.2 Å². The van der Waals surface area contributed by atoms with Crippen LogP contribution in [0.4, 0.5) is 0 Å². The number of rotatable bonds is 6. The lowest BCUT2D eigenvalue weighted by Gasteiger charge is -2.60. The van der Waals surface area contributed by atoms with Gasteiger partial charge in [0, 0.05) is 29.7 Å². The summed E-state index contributed by atoms with van der Waals surface area (Å²) in [5, 5.41) is 0. The SMILES string of the molecule is COc1cc(OCCCc2ccccc2)c2c3c1O[C@@]1(C)C(=O)CC[C@@H]4[C@@H](C2)N(C)CC[C@@]341. The van der Waals surface area contributed by atoms with Gasteiger partial charge in [0.05, 0.1) is 19.1 Å². The number of Topliss-reactive ketones (excluding diaryl/α,β-unsaturated/α-hetero) is 1. The maximum Gasteiger partial charge on any atom is 0.177 e. The summed E-state index contributed by atoms with van der Waals surface area (Å²) in [7, 11) is 3.92. The second-order valence-corrected chi connectivity index (χ2v) is 10.4. The molecule has 2 aliphatic carbocycles. The highest BCUT2D eigenvalue weighted by Crippen LogP contribution is 2.68. The summed E-state index contributed by atoms with van der Waals surface area (Å²) in [5.41, 5.74) is 2.68. The Morgan fingerprint density at radius 1 is 1.21 bits per heavy atom. The van der Waals surface area contributed by atoms with E-state index in [9.17, 15) is 4.79 Å². The molecule has 2 aromatic carbocycles. The molecule has 1 saturated carbocycles. The fraction of sp³-hybridized carbons (Fsp3) is 0.536. The lowest BCUT2D eigenvalue weighted by molar-refractivity contribution is -0.153. The minimum Gasteiger partial charge on any atom is -0.493 e. The van der Waals surface area contributed by atoms with E-state index in [0.29, 0.717) is 30.7 Å². The van der Waals surface area contributed by atoms with Crippen LogP contribution in [0.5, 0.6) is 17.2 Å². The molecule has 2 bridgehead atoms. The molecule has 174 valence electrons. The van der Waals surface area contributed by atoms with Crippen molar-refractivity contribution in [2.24, 2.45) is 5.92 Å². The number of hydrogen-bond donors (Lipinski definition) is 0. The highest BCUT2D eigenvalue weighted by atomic mass is 16.5. The number of ketones is 1. The van der Waals surface area contributed by atoms with Crippen molar-refractivity contribution in [1.29, 1.82) is 0 Å². The number of carbonyl (C=O) groups excluding carboxylic acids is 1. The zero-order valence-corrected chi connectivity index (χ0v) is 19.9. The predicted octanol–water partition coefficient (Wildman–Crippen LogP) is 4.34. The maximum absolute atomic E-state index is 13.3. The predicted molar refractivity (Wildman–Crippen MR) is 126 cm³/mol. The van der Waals surface area contributed by atoms with E-state index in [1.807, 2.05) is 19.1 Å². The molecule has 1 spiro atoms. The number of hydrogen-bond acceptors (Lipinski definition) is 5. The quantitative estimate of drug-likeness (QED) is 0.617. The molecule has 4 atom stereocenters. The van der Waals surface area contributed by atoms with Crippen LogP contribution in [0.25, 0.3) is 0 Å². The van der Waals surface area contributed by atoms with Crippen molar-refractivity contribution in [3.63, 3.8) is 0 Å². The number of benzene rings is 2. The summed E-state index contributed by atoms with van der Waals surface area (Å²) in [6, 6.07) is 12.9. The van der Waals surface area contributed by atoms with E-state index in [4.69, 9.17) is 14.2 Å². The van der Waals surface area contributed by atoms with Crippen molar-refractivity contribution in [1.82, 2.24) is 4.90 Å². The summed E-state index contributed by atoms with van der Waals surface area (Å²) >= 11 is 0. The standard InChI is InChI=1S/C28H33NO4/c1-27-24(30)12-11-20-21-16-19-22(32-15-7-10-18-8-5-4-6-9-18)17-23(31-3)26(33-27)25(19)28(20,27)13-14-29(21)2/h4-6,8-9,17,20-21H,7,10-16H2,1-3H3/t20-,21-,27+,28+/m1/s1. The number of nitrogens with zero attached hydrogens (tertiary/aromatic N) is 1. The van der Waals surface area contributed by atoms with Crippen LogP contribution in [0.1, 0.15) is 49.3 Å². The average Bonchev–Trinajstić information content (AvgIpc) is 3.10. The van der Waals surface area contributed by atoms with E-state index in [0.717, 1.165) is 50.1 Å². The molecule has 2 fully saturated rings. The maximum atomic E-state index is 13.3. The Bertz CT molecular complexity index is 1100. The minimum absolute atomic E-state index is 0.235. The fourth-order valence-corrected chi connectivity index (χ4v) is 7.37. The topological polar surface area (TPSA) is 48.0 Å². The first-order chi connectivity index (χ1) is 16.0. The molecule has 0 amide bonds. The summed E-state index contributed by atoms with van der Waals surface area (Å²) in [6.45, 7) is 3.67. The van der Waals surface area contributed by atoms with E-state index in [1.165, 1.54) is 16.7 Å². The second-order valence-electron chi connectivity index (χ2n) is 10.4. The summed E-state index contributed by atoms with van der Waals surface area (Å²) < 4.78 is 18.9. The molecule has 0 unspecified atom stereocenters. The molecule has 4 aliphatic rings. The summed E-state index contributed by atoms with van der Waals surface area (Å²) in [6.07, 6.45) is 5.36. The van der Waals surface area contributed by atoms with Crippen molar-refractivity contribution in [3.05, 3.63) is 53.1 Å². The average molecular weight is 448 g/mol. The van der Waals surface area contributed by atoms with Gasteiger partial charge in [-0.2, -0.15) is 0 Å². The molecular formula is C28H33NO4. The van der Waals surface area contributed by atoms with Crippen molar-refractivity contribution >= 4 is 5.78 Å². The number of piperidine rings is 1. The first-order valence-corrected chi connectivity index (χ1v) is 12.3. The second kappa shape index (κ2) is 7.49. The Hall–Kier alpha value is -2.53. The van der Waals surface area contributed by atoms with Crippen LogP contribution in [0.2, 0.25) is 0 Å².